The minimum absolute atomic E-state index is 0.00173. The van der Waals surface area contributed by atoms with Crippen molar-refractivity contribution in [2.24, 2.45) is 5.73 Å². The highest BCUT2D eigenvalue weighted by molar-refractivity contribution is 6.06. The minimum Gasteiger partial charge on any atom is -0.466 e. The van der Waals surface area contributed by atoms with E-state index in [0.717, 1.165) is 5.69 Å². The highest BCUT2D eigenvalue weighted by Gasteiger charge is 2.43. The van der Waals surface area contributed by atoms with Gasteiger partial charge in [-0.15, -0.1) is 0 Å². The second-order valence-electron chi connectivity index (χ2n) is 10.8. The van der Waals surface area contributed by atoms with Crippen molar-refractivity contribution < 1.29 is 28.6 Å². The first-order chi connectivity index (χ1) is 20.0. The smallest absolute Gasteiger partial charge is 0.410 e. The highest BCUT2D eigenvalue weighted by Crippen LogP contribution is 2.43. The summed E-state index contributed by atoms with van der Waals surface area (Å²) in [4.78, 5) is 44.1. The maximum absolute atomic E-state index is 13.2. The van der Waals surface area contributed by atoms with Crippen LogP contribution in [-0.2, 0) is 23.8 Å². The molecular weight excluding hydrogens is 538 g/mol. The summed E-state index contributed by atoms with van der Waals surface area (Å²) in [7, 11) is 2.42. The Hall–Kier alpha value is -4.98. The summed E-state index contributed by atoms with van der Waals surface area (Å²) in [5, 5.41) is 10.2. The number of allylic oxidation sites excluding steroid dienone is 1. The lowest BCUT2D eigenvalue weighted by molar-refractivity contribution is -0.139. The molecular formula is C31H35N5O6. The summed E-state index contributed by atoms with van der Waals surface area (Å²) >= 11 is 0. The SMILES string of the molecule is COC(=O)C1=C(C(=O)OC)N(c2ccc(N3CCN(C(=O)OC(C)(C)C)CC3)cc2)C(N)=C(C#N)C1c1ccccc1. The van der Waals surface area contributed by atoms with Crippen molar-refractivity contribution in [3.63, 3.8) is 0 Å². The molecule has 4 rings (SSSR count). The summed E-state index contributed by atoms with van der Waals surface area (Å²) in [6, 6.07) is 18.2. The Morgan fingerprint density at radius 2 is 1.45 bits per heavy atom. The molecule has 0 radical (unpaired) electrons. The van der Waals surface area contributed by atoms with Crippen molar-refractivity contribution >= 4 is 29.4 Å². The van der Waals surface area contributed by atoms with Gasteiger partial charge >= 0.3 is 18.0 Å². The largest absolute Gasteiger partial charge is 0.466 e. The number of nitrogens with two attached hydrogens (primary N) is 1. The molecule has 1 fully saturated rings. The predicted octanol–water partition coefficient (Wildman–Crippen LogP) is 3.64. The topological polar surface area (TPSA) is 138 Å². The number of benzene rings is 2. The lowest BCUT2D eigenvalue weighted by Crippen LogP contribution is -2.50. The molecule has 2 heterocycles. The molecule has 2 aliphatic heterocycles. The second-order valence-corrected chi connectivity index (χ2v) is 10.8. The first-order valence-corrected chi connectivity index (χ1v) is 13.5. The van der Waals surface area contributed by atoms with E-state index in [1.54, 1.807) is 47.4 Å². The Bertz CT molecular complexity index is 1450. The van der Waals surface area contributed by atoms with Crippen LogP contribution in [0.3, 0.4) is 0 Å². The fourth-order valence-electron chi connectivity index (χ4n) is 5.07. The van der Waals surface area contributed by atoms with Gasteiger partial charge in [0.1, 0.15) is 17.1 Å². The van der Waals surface area contributed by atoms with Crippen LogP contribution in [0.2, 0.25) is 0 Å². The number of hydrogen-bond donors (Lipinski definition) is 1. The molecule has 0 bridgehead atoms. The Balaban J connectivity index is 1.69. The number of hydrogen-bond acceptors (Lipinski definition) is 10. The average molecular weight is 574 g/mol. The highest BCUT2D eigenvalue weighted by atomic mass is 16.6. The van der Waals surface area contributed by atoms with Crippen LogP contribution in [-0.4, -0.2) is 68.9 Å². The van der Waals surface area contributed by atoms with Gasteiger partial charge in [-0.05, 0) is 50.6 Å². The van der Waals surface area contributed by atoms with Crippen LogP contribution in [0.4, 0.5) is 16.2 Å². The number of nitriles is 1. The Labute approximate surface area is 245 Å². The molecule has 42 heavy (non-hydrogen) atoms. The molecule has 2 aliphatic rings. The van der Waals surface area contributed by atoms with Crippen molar-refractivity contribution in [2.45, 2.75) is 32.3 Å². The third kappa shape index (κ3) is 6.02. The Kier molecular flexibility index (Phi) is 8.76. The van der Waals surface area contributed by atoms with Gasteiger partial charge in [-0.25, -0.2) is 14.4 Å². The summed E-state index contributed by atoms with van der Waals surface area (Å²) in [6.07, 6.45) is -0.338. The number of anilines is 2. The normalized spacial score (nSPS) is 17.5. The van der Waals surface area contributed by atoms with E-state index in [1.807, 2.05) is 32.9 Å². The van der Waals surface area contributed by atoms with E-state index in [2.05, 4.69) is 11.0 Å². The van der Waals surface area contributed by atoms with Crippen LogP contribution in [0.5, 0.6) is 0 Å². The molecule has 1 saturated heterocycles. The lowest BCUT2D eigenvalue weighted by atomic mass is 9.81. The van der Waals surface area contributed by atoms with E-state index >= 15 is 0 Å². The van der Waals surface area contributed by atoms with Gasteiger partial charge in [0.2, 0.25) is 0 Å². The van der Waals surface area contributed by atoms with Gasteiger partial charge in [0, 0.05) is 37.6 Å². The number of carbonyl (C=O) groups excluding carboxylic acids is 3. The maximum atomic E-state index is 13.2. The molecule has 2 N–H and O–H groups in total. The molecule has 1 amide bonds. The van der Waals surface area contributed by atoms with Crippen LogP contribution in [0, 0.1) is 11.3 Å². The van der Waals surface area contributed by atoms with E-state index < -0.39 is 23.5 Å². The standard InChI is InChI=1S/C31H35N5O6/c1-31(2,3)42-30(39)35-17-15-34(16-18-35)21-11-13-22(14-12-21)36-26(29(38)41-5)25(28(37)40-4)24(23(19-32)27(36)33)20-9-7-6-8-10-20/h6-14,24H,15-18,33H2,1-5H3. The lowest BCUT2D eigenvalue weighted by Gasteiger charge is -2.37. The van der Waals surface area contributed by atoms with Gasteiger partial charge in [-0.2, -0.15) is 5.26 Å². The molecule has 1 unspecified atom stereocenters. The van der Waals surface area contributed by atoms with E-state index in [9.17, 15) is 19.6 Å². The molecule has 0 saturated carbocycles. The monoisotopic (exact) mass is 573 g/mol. The summed E-state index contributed by atoms with van der Waals surface area (Å²) < 4.78 is 15.7. The third-order valence-electron chi connectivity index (χ3n) is 7.01. The first kappa shape index (κ1) is 30.0. The molecule has 0 aliphatic carbocycles. The number of rotatable bonds is 5. The van der Waals surface area contributed by atoms with E-state index in [4.69, 9.17) is 19.9 Å². The van der Waals surface area contributed by atoms with Crippen molar-refractivity contribution in [1.29, 1.82) is 5.26 Å². The molecule has 2 aromatic rings. The molecule has 11 heteroatoms. The Morgan fingerprint density at radius 3 is 1.98 bits per heavy atom. The summed E-state index contributed by atoms with van der Waals surface area (Å²) in [5.41, 5.74) is 7.86. The number of piperazine rings is 1. The van der Waals surface area contributed by atoms with Crippen LogP contribution in [0.1, 0.15) is 32.3 Å². The number of methoxy groups -OCH3 is 2. The average Bonchev–Trinajstić information content (AvgIpc) is 2.99. The zero-order chi connectivity index (χ0) is 30.6. The summed E-state index contributed by atoms with van der Waals surface area (Å²) in [5.74, 6) is -2.53. The molecule has 2 aromatic carbocycles. The minimum atomic E-state index is -0.936. The second kappa shape index (κ2) is 12.3. The molecule has 0 aromatic heterocycles. The van der Waals surface area contributed by atoms with Gasteiger partial charge in [-0.3, -0.25) is 4.90 Å². The van der Waals surface area contributed by atoms with Crippen LogP contribution in [0.15, 0.2) is 77.3 Å². The van der Waals surface area contributed by atoms with Crippen molar-refractivity contribution in [1.82, 2.24) is 4.90 Å². The zero-order valence-electron chi connectivity index (χ0n) is 24.4. The fourth-order valence-corrected chi connectivity index (χ4v) is 5.07. The third-order valence-corrected chi connectivity index (χ3v) is 7.01. The first-order valence-electron chi connectivity index (χ1n) is 13.5. The zero-order valence-corrected chi connectivity index (χ0v) is 24.4. The quantitative estimate of drug-likeness (QED) is 0.417. The molecule has 220 valence electrons. The predicted molar refractivity (Wildman–Crippen MR) is 156 cm³/mol. The number of carbonyl (C=O) groups is 3. The van der Waals surface area contributed by atoms with Crippen LogP contribution < -0.4 is 15.5 Å². The molecule has 0 spiro atoms. The maximum Gasteiger partial charge on any atom is 0.410 e. The van der Waals surface area contributed by atoms with Gasteiger partial charge in [0.05, 0.1) is 37.4 Å². The van der Waals surface area contributed by atoms with Gasteiger partial charge in [0.15, 0.2) is 0 Å². The number of esters is 2. The van der Waals surface area contributed by atoms with Gasteiger partial charge in [-0.1, -0.05) is 30.3 Å². The molecule has 1 atom stereocenters. The number of amides is 1. The Morgan fingerprint density at radius 1 is 0.881 bits per heavy atom. The van der Waals surface area contributed by atoms with E-state index in [1.165, 1.54) is 19.1 Å². The number of ether oxygens (including phenoxy) is 3. The van der Waals surface area contributed by atoms with Crippen molar-refractivity contribution in [3.8, 4) is 6.07 Å². The van der Waals surface area contributed by atoms with Crippen molar-refractivity contribution in [3.05, 3.63) is 82.8 Å². The molecule has 11 nitrogen and oxygen atoms in total. The van der Waals surface area contributed by atoms with Crippen LogP contribution in [0.25, 0.3) is 0 Å². The van der Waals surface area contributed by atoms with Gasteiger partial charge in [0.25, 0.3) is 0 Å². The van der Waals surface area contributed by atoms with E-state index in [-0.39, 0.29) is 28.8 Å². The van der Waals surface area contributed by atoms with Gasteiger partial charge < -0.3 is 29.7 Å². The number of nitrogens with zero attached hydrogens (tertiary/aromatic N) is 4. The van der Waals surface area contributed by atoms with Crippen molar-refractivity contribution in [2.75, 3.05) is 50.2 Å². The fraction of sp³-hybridized carbons (Fsp3) is 0.355. The summed E-state index contributed by atoms with van der Waals surface area (Å²) in [6.45, 7) is 7.71. The van der Waals surface area contributed by atoms with Crippen LogP contribution >= 0.6 is 0 Å². The van der Waals surface area contributed by atoms with E-state index in [0.29, 0.717) is 37.4 Å².